The average molecular weight is 238 g/mol. The van der Waals surface area contributed by atoms with E-state index in [-0.39, 0.29) is 6.04 Å². The number of halogens is 1. The van der Waals surface area contributed by atoms with Gasteiger partial charge in [0.1, 0.15) is 0 Å². The van der Waals surface area contributed by atoms with E-state index in [9.17, 15) is 0 Å². The molecule has 1 atom stereocenters. The summed E-state index contributed by atoms with van der Waals surface area (Å²) < 4.78 is 0. The summed E-state index contributed by atoms with van der Waals surface area (Å²) in [5.41, 5.74) is 3.49. The third-order valence-electron chi connectivity index (χ3n) is 2.71. The van der Waals surface area contributed by atoms with Gasteiger partial charge in [-0.05, 0) is 44.0 Å². The van der Waals surface area contributed by atoms with E-state index in [4.69, 9.17) is 11.6 Å². The van der Waals surface area contributed by atoms with Crippen LogP contribution in [-0.4, -0.2) is 6.54 Å². The highest BCUT2D eigenvalue weighted by atomic mass is 35.5. The molecule has 1 nitrogen and oxygen atoms in total. The van der Waals surface area contributed by atoms with Crippen molar-refractivity contribution in [1.29, 1.82) is 0 Å². The van der Waals surface area contributed by atoms with E-state index in [1.54, 1.807) is 0 Å². The summed E-state index contributed by atoms with van der Waals surface area (Å²) in [5, 5.41) is 4.32. The van der Waals surface area contributed by atoms with E-state index in [2.05, 4.69) is 31.8 Å². The van der Waals surface area contributed by atoms with Gasteiger partial charge in [-0.1, -0.05) is 42.8 Å². The molecule has 16 heavy (non-hydrogen) atoms. The van der Waals surface area contributed by atoms with Gasteiger partial charge < -0.3 is 5.32 Å². The Morgan fingerprint density at radius 3 is 2.75 bits per heavy atom. The van der Waals surface area contributed by atoms with Crippen LogP contribution in [0.4, 0.5) is 0 Å². The van der Waals surface area contributed by atoms with Crippen LogP contribution in [-0.2, 0) is 0 Å². The predicted molar refractivity (Wildman–Crippen MR) is 72.0 cm³/mol. The normalized spacial score (nSPS) is 12.5. The predicted octanol–water partition coefficient (Wildman–Crippen LogP) is 4.27. The van der Waals surface area contributed by atoms with Gasteiger partial charge in [0, 0.05) is 5.02 Å². The lowest BCUT2D eigenvalue weighted by atomic mass is 9.96. The summed E-state index contributed by atoms with van der Waals surface area (Å²) in [4.78, 5) is 0. The molecule has 0 saturated heterocycles. The van der Waals surface area contributed by atoms with Gasteiger partial charge in [0.15, 0.2) is 0 Å². The van der Waals surface area contributed by atoms with Crippen LogP contribution in [0.25, 0.3) is 0 Å². The van der Waals surface area contributed by atoms with Gasteiger partial charge >= 0.3 is 0 Å². The summed E-state index contributed by atoms with van der Waals surface area (Å²) in [6.07, 6.45) is 1.11. The van der Waals surface area contributed by atoms with Gasteiger partial charge in [-0.15, -0.1) is 0 Å². The number of nitrogens with one attached hydrogen (secondary N) is 1. The number of hydrogen-bond donors (Lipinski definition) is 1. The van der Waals surface area contributed by atoms with Crippen molar-refractivity contribution in [1.82, 2.24) is 5.32 Å². The first-order chi connectivity index (χ1) is 7.57. The Morgan fingerprint density at radius 2 is 2.19 bits per heavy atom. The zero-order chi connectivity index (χ0) is 12.1. The fourth-order valence-electron chi connectivity index (χ4n) is 1.78. The first kappa shape index (κ1) is 13.3. The first-order valence-electron chi connectivity index (χ1n) is 5.71. The van der Waals surface area contributed by atoms with Gasteiger partial charge in [-0.3, -0.25) is 0 Å². The van der Waals surface area contributed by atoms with Crippen LogP contribution in [0.15, 0.2) is 30.4 Å². The molecule has 0 saturated carbocycles. The monoisotopic (exact) mass is 237 g/mol. The summed E-state index contributed by atoms with van der Waals surface area (Å²) in [7, 11) is 0. The standard InChI is InChI=1S/C14H20ClN/c1-5-9-16-14(10(2)3)12-7-6-8-13(15)11(12)4/h6-8,14,16H,2,5,9H2,1,3-4H3. The lowest BCUT2D eigenvalue weighted by Gasteiger charge is -2.21. The van der Waals surface area contributed by atoms with Crippen LogP contribution < -0.4 is 5.32 Å². The third kappa shape index (κ3) is 3.10. The SMILES string of the molecule is C=C(C)C(NCCC)c1cccc(Cl)c1C. The van der Waals surface area contributed by atoms with Crippen LogP contribution >= 0.6 is 11.6 Å². The molecule has 0 aromatic heterocycles. The van der Waals surface area contributed by atoms with E-state index in [1.807, 2.05) is 19.1 Å². The number of benzene rings is 1. The Labute approximate surface area is 104 Å². The molecule has 1 aromatic carbocycles. The molecule has 0 spiro atoms. The fourth-order valence-corrected chi connectivity index (χ4v) is 1.96. The van der Waals surface area contributed by atoms with E-state index in [1.165, 1.54) is 5.56 Å². The molecule has 0 fully saturated rings. The molecule has 0 aliphatic rings. The molecule has 0 radical (unpaired) electrons. The fraction of sp³-hybridized carbons (Fsp3) is 0.429. The summed E-state index contributed by atoms with van der Waals surface area (Å²) in [6.45, 7) is 11.3. The topological polar surface area (TPSA) is 12.0 Å². The van der Waals surface area contributed by atoms with Crippen LogP contribution in [0, 0.1) is 6.92 Å². The minimum atomic E-state index is 0.207. The van der Waals surface area contributed by atoms with E-state index < -0.39 is 0 Å². The lowest BCUT2D eigenvalue weighted by Crippen LogP contribution is -2.23. The second-order valence-corrected chi connectivity index (χ2v) is 4.59. The van der Waals surface area contributed by atoms with Crippen LogP contribution in [0.1, 0.15) is 37.4 Å². The van der Waals surface area contributed by atoms with Crippen molar-refractivity contribution in [3.05, 3.63) is 46.5 Å². The summed E-state index contributed by atoms with van der Waals surface area (Å²) in [5.74, 6) is 0. The molecule has 0 amide bonds. The zero-order valence-corrected chi connectivity index (χ0v) is 11.1. The molecular formula is C14H20ClN. The molecule has 0 aliphatic heterocycles. The second kappa shape index (κ2) is 6.07. The smallest absolute Gasteiger partial charge is 0.0533 e. The Kier molecular flexibility index (Phi) is 5.04. The van der Waals surface area contributed by atoms with Gasteiger partial charge in [-0.2, -0.15) is 0 Å². The average Bonchev–Trinajstić information content (AvgIpc) is 2.24. The highest BCUT2D eigenvalue weighted by molar-refractivity contribution is 6.31. The minimum Gasteiger partial charge on any atom is -0.307 e. The molecule has 0 heterocycles. The van der Waals surface area contributed by atoms with E-state index >= 15 is 0 Å². The number of rotatable bonds is 5. The zero-order valence-electron chi connectivity index (χ0n) is 10.3. The van der Waals surface area contributed by atoms with Crippen molar-refractivity contribution in [2.75, 3.05) is 6.54 Å². The van der Waals surface area contributed by atoms with E-state index in [0.29, 0.717) is 0 Å². The molecule has 1 unspecified atom stereocenters. The molecule has 0 aliphatic carbocycles. The van der Waals surface area contributed by atoms with Crippen LogP contribution in [0.5, 0.6) is 0 Å². The maximum absolute atomic E-state index is 6.14. The van der Waals surface area contributed by atoms with Gasteiger partial charge in [0.05, 0.1) is 6.04 Å². The minimum absolute atomic E-state index is 0.207. The lowest BCUT2D eigenvalue weighted by molar-refractivity contribution is 0.589. The van der Waals surface area contributed by atoms with Crippen LogP contribution in [0.2, 0.25) is 5.02 Å². The second-order valence-electron chi connectivity index (χ2n) is 4.19. The highest BCUT2D eigenvalue weighted by Crippen LogP contribution is 2.27. The van der Waals surface area contributed by atoms with Crippen molar-refractivity contribution in [2.45, 2.75) is 33.2 Å². The Morgan fingerprint density at radius 1 is 1.50 bits per heavy atom. The Bertz CT molecular complexity index is 371. The van der Waals surface area contributed by atoms with E-state index in [0.717, 1.165) is 29.1 Å². The molecular weight excluding hydrogens is 218 g/mol. The molecule has 1 rings (SSSR count). The van der Waals surface area contributed by atoms with Crippen molar-refractivity contribution < 1.29 is 0 Å². The van der Waals surface area contributed by atoms with Crippen molar-refractivity contribution in [2.24, 2.45) is 0 Å². The maximum Gasteiger partial charge on any atom is 0.0533 e. The molecule has 1 aromatic rings. The van der Waals surface area contributed by atoms with Crippen LogP contribution in [0.3, 0.4) is 0 Å². The van der Waals surface area contributed by atoms with Gasteiger partial charge in [0.25, 0.3) is 0 Å². The molecule has 2 heteroatoms. The Balaban J connectivity index is 3.01. The van der Waals surface area contributed by atoms with Crippen molar-refractivity contribution in [3.63, 3.8) is 0 Å². The molecule has 88 valence electrons. The van der Waals surface area contributed by atoms with Crippen molar-refractivity contribution in [3.8, 4) is 0 Å². The third-order valence-corrected chi connectivity index (χ3v) is 3.12. The summed E-state index contributed by atoms with van der Waals surface area (Å²) >= 11 is 6.14. The number of hydrogen-bond acceptors (Lipinski definition) is 1. The van der Waals surface area contributed by atoms with Gasteiger partial charge in [-0.25, -0.2) is 0 Å². The highest BCUT2D eigenvalue weighted by Gasteiger charge is 2.14. The maximum atomic E-state index is 6.14. The summed E-state index contributed by atoms with van der Waals surface area (Å²) in [6, 6.07) is 6.24. The molecule has 1 N–H and O–H groups in total. The van der Waals surface area contributed by atoms with Crippen molar-refractivity contribution >= 4 is 11.6 Å². The first-order valence-corrected chi connectivity index (χ1v) is 6.09. The largest absolute Gasteiger partial charge is 0.307 e. The van der Waals surface area contributed by atoms with Gasteiger partial charge in [0.2, 0.25) is 0 Å². The molecule has 0 bridgehead atoms. The Hall–Kier alpha value is -0.790. The quantitative estimate of drug-likeness (QED) is 0.755.